The van der Waals surface area contributed by atoms with E-state index in [1.165, 1.54) is 6.08 Å². The summed E-state index contributed by atoms with van der Waals surface area (Å²) in [6, 6.07) is 14.8. The fraction of sp³-hybridized carbons (Fsp3) is 0.286. The monoisotopic (exact) mass is 339 g/mol. The van der Waals surface area contributed by atoms with Gasteiger partial charge in [0, 0.05) is 23.5 Å². The smallest absolute Gasteiger partial charge is 0.187 e. The van der Waals surface area contributed by atoms with E-state index < -0.39 is 0 Å². The van der Waals surface area contributed by atoms with Crippen LogP contribution in [-0.4, -0.2) is 19.0 Å². The Labute approximate surface area is 149 Å². The number of benzene rings is 2. The van der Waals surface area contributed by atoms with Crippen molar-refractivity contribution in [1.82, 2.24) is 0 Å². The molecule has 0 saturated carbocycles. The molecule has 132 valence electrons. The second-order valence-electron chi connectivity index (χ2n) is 5.53. The molecule has 0 amide bonds. The summed E-state index contributed by atoms with van der Waals surface area (Å²) in [7, 11) is 0. The number of hydrogen-bond donors (Lipinski definition) is 1. The minimum atomic E-state index is -0.0569. The third-order valence-electron chi connectivity index (χ3n) is 3.56. The number of ketones is 1. The number of hydrogen-bond acceptors (Lipinski definition) is 4. The minimum Gasteiger partial charge on any atom is -0.494 e. The molecule has 2 aromatic carbocycles. The van der Waals surface area contributed by atoms with Gasteiger partial charge in [-0.3, -0.25) is 4.79 Å². The van der Waals surface area contributed by atoms with Gasteiger partial charge in [-0.2, -0.15) is 0 Å². The maximum Gasteiger partial charge on any atom is 0.187 e. The first-order valence-corrected chi connectivity index (χ1v) is 8.66. The number of anilines is 1. The normalized spacial score (nSPS) is 10.6. The molecule has 0 aromatic heterocycles. The number of carbonyl (C=O) groups excluding carboxylic acids is 1. The SMILES string of the molecule is CCCCOc1ccc(C(=O)/C=C/Nc2ccc(OCC)cc2)cc1. The molecule has 2 rings (SSSR count). The van der Waals surface area contributed by atoms with Crippen LogP contribution in [0.15, 0.2) is 60.8 Å². The molecule has 1 N–H and O–H groups in total. The Kier molecular flexibility index (Phi) is 7.57. The van der Waals surface area contributed by atoms with Crippen molar-refractivity contribution in [2.45, 2.75) is 26.7 Å². The Morgan fingerprint density at radius 2 is 1.60 bits per heavy atom. The van der Waals surface area contributed by atoms with Gasteiger partial charge in [0.15, 0.2) is 5.78 Å². The van der Waals surface area contributed by atoms with Gasteiger partial charge in [0.2, 0.25) is 0 Å². The summed E-state index contributed by atoms with van der Waals surface area (Å²) in [5.41, 5.74) is 1.53. The van der Waals surface area contributed by atoms with Gasteiger partial charge in [0.1, 0.15) is 11.5 Å². The molecule has 0 spiro atoms. The van der Waals surface area contributed by atoms with E-state index in [-0.39, 0.29) is 5.78 Å². The summed E-state index contributed by atoms with van der Waals surface area (Å²) in [6.07, 6.45) is 5.29. The molecule has 2 aromatic rings. The van der Waals surface area contributed by atoms with Crippen molar-refractivity contribution >= 4 is 11.5 Å². The van der Waals surface area contributed by atoms with Crippen molar-refractivity contribution in [3.63, 3.8) is 0 Å². The van der Waals surface area contributed by atoms with Crippen LogP contribution in [0.3, 0.4) is 0 Å². The van der Waals surface area contributed by atoms with Crippen LogP contribution in [0.5, 0.6) is 11.5 Å². The van der Waals surface area contributed by atoms with Crippen molar-refractivity contribution < 1.29 is 14.3 Å². The number of rotatable bonds is 10. The fourth-order valence-corrected chi connectivity index (χ4v) is 2.17. The predicted molar refractivity (Wildman–Crippen MR) is 102 cm³/mol. The van der Waals surface area contributed by atoms with Gasteiger partial charge in [-0.25, -0.2) is 0 Å². The second kappa shape index (κ2) is 10.2. The molecule has 0 fully saturated rings. The average molecular weight is 339 g/mol. The maximum atomic E-state index is 12.2. The van der Waals surface area contributed by atoms with E-state index in [2.05, 4.69) is 12.2 Å². The lowest BCUT2D eigenvalue weighted by atomic mass is 10.1. The topological polar surface area (TPSA) is 47.6 Å². The zero-order valence-corrected chi connectivity index (χ0v) is 14.8. The first-order chi connectivity index (χ1) is 12.2. The Hall–Kier alpha value is -2.75. The lowest BCUT2D eigenvalue weighted by Gasteiger charge is -2.06. The molecular formula is C21H25NO3. The molecule has 4 heteroatoms. The van der Waals surface area contributed by atoms with Crippen LogP contribution in [0.4, 0.5) is 5.69 Å². The van der Waals surface area contributed by atoms with Gasteiger partial charge in [-0.1, -0.05) is 13.3 Å². The Morgan fingerprint density at radius 3 is 2.24 bits per heavy atom. The van der Waals surface area contributed by atoms with E-state index in [0.717, 1.165) is 30.0 Å². The standard InChI is InChI=1S/C21H25NO3/c1-3-5-16-25-20-10-6-17(7-11-20)21(23)14-15-22-18-8-12-19(13-9-18)24-4-2/h6-15,22H,3-5,16H2,1-2H3/b15-14+. The number of allylic oxidation sites excluding steroid dienone is 1. The summed E-state index contributed by atoms with van der Waals surface area (Å²) in [6.45, 7) is 5.42. The molecule has 0 aliphatic heterocycles. The minimum absolute atomic E-state index is 0.0569. The third kappa shape index (κ3) is 6.34. The van der Waals surface area contributed by atoms with Gasteiger partial charge in [-0.15, -0.1) is 0 Å². The van der Waals surface area contributed by atoms with E-state index in [0.29, 0.717) is 18.8 Å². The number of carbonyl (C=O) groups is 1. The molecule has 4 nitrogen and oxygen atoms in total. The summed E-state index contributed by atoms with van der Waals surface area (Å²) >= 11 is 0. The second-order valence-corrected chi connectivity index (χ2v) is 5.53. The zero-order chi connectivity index (χ0) is 17.9. The van der Waals surface area contributed by atoms with Crippen LogP contribution < -0.4 is 14.8 Å². The largest absolute Gasteiger partial charge is 0.494 e. The van der Waals surface area contributed by atoms with Gasteiger partial charge in [-0.05, 0) is 61.9 Å². The van der Waals surface area contributed by atoms with Crippen LogP contribution in [0.1, 0.15) is 37.0 Å². The first kappa shape index (κ1) is 18.6. The van der Waals surface area contributed by atoms with Gasteiger partial charge < -0.3 is 14.8 Å². The van der Waals surface area contributed by atoms with E-state index in [4.69, 9.17) is 9.47 Å². The quantitative estimate of drug-likeness (QED) is 0.373. The summed E-state index contributed by atoms with van der Waals surface area (Å²) < 4.78 is 11.0. The van der Waals surface area contributed by atoms with Crippen LogP contribution >= 0.6 is 0 Å². The Morgan fingerprint density at radius 1 is 0.960 bits per heavy atom. The number of unbranched alkanes of at least 4 members (excludes halogenated alkanes) is 1. The molecule has 0 bridgehead atoms. The molecule has 0 saturated heterocycles. The Bertz CT molecular complexity index is 675. The number of nitrogens with one attached hydrogen (secondary N) is 1. The third-order valence-corrected chi connectivity index (χ3v) is 3.56. The molecule has 0 radical (unpaired) electrons. The lowest BCUT2D eigenvalue weighted by Crippen LogP contribution is -1.99. The van der Waals surface area contributed by atoms with Crippen LogP contribution in [0.2, 0.25) is 0 Å². The zero-order valence-electron chi connectivity index (χ0n) is 14.8. The first-order valence-electron chi connectivity index (χ1n) is 8.66. The van der Waals surface area contributed by atoms with Gasteiger partial charge in [0.05, 0.1) is 13.2 Å². The van der Waals surface area contributed by atoms with E-state index in [1.54, 1.807) is 18.3 Å². The summed E-state index contributed by atoms with van der Waals surface area (Å²) in [4.78, 5) is 12.2. The molecule has 25 heavy (non-hydrogen) atoms. The van der Waals surface area contributed by atoms with Crippen LogP contribution in [-0.2, 0) is 0 Å². The molecule has 0 unspecified atom stereocenters. The number of ether oxygens (including phenoxy) is 2. The van der Waals surface area contributed by atoms with Crippen LogP contribution in [0, 0.1) is 0 Å². The predicted octanol–water partition coefficient (Wildman–Crippen LogP) is 5.07. The Balaban J connectivity index is 1.85. The maximum absolute atomic E-state index is 12.2. The average Bonchev–Trinajstić information content (AvgIpc) is 2.64. The summed E-state index contributed by atoms with van der Waals surface area (Å²) in [5, 5.41) is 3.08. The summed E-state index contributed by atoms with van der Waals surface area (Å²) in [5.74, 6) is 1.56. The van der Waals surface area contributed by atoms with E-state index in [9.17, 15) is 4.79 Å². The van der Waals surface area contributed by atoms with Crippen molar-refractivity contribution in [1.29, 1.82) is 0 Å². The molecule has 0 aliphatic carbocycles. The highest BCUT2D eigenvalue weighted by Crippen LogP contribution is 2.16. The van der Waals surface area contributed by atoms with Crippen molar-refractivity contribution in [3.8, 4) is 11.5 Å². The van der Waals surface area contributed by atoms with Crippen molar-refractivity contribution in [2.75, 3.05) is 18.5 Å². The van der Waals surface area contributed by atoms with Crippen molar-refractivity contribution in [3.05, 3.63) is 66.4 Å². The molecular weight excluding hydrogens is 314 g/mol. The van der Waals surface area contributed by atoms with Crippen molar-refractivity contribution in [2.24, 2.45) is 0 Å². The van der Waals surface area contributed by atoms with E-state index in [1.807, 2.05) is 43.3 Å². The highest BCUT2D eigenvalue weighted by Gasteiger charge is 2.02. The highest BCUT2D eigenvalue weighted by atomic mass is 16.5. The van der Waals surface area contributed by atoms with Crippen LogP contribution in [0.25, 0.3) is 0 Å². The molecule has 0 aliphatic rings. The molecule has 0 heterocycles. The van der Waals surface area contributed by atoms with Gasteiger partial charge >= 0.3 is 0 Å². The lowest BCUT2D eigenvalue weighted by molar-refractivity contribution is 0.104. The fourth-order valence-electron chi connectivity index (χ4n) is 2.17. The van der Waals surface area contributed by atoms with Gasteiger partial charge in [0.25, 0.3) is 0 Å². The van der Waals surface area contributed by atoms with E-state index >= 15 is 0 Å². The molecule has 0 atom stereocenters. The highest BCUT2D eigenvalue weighted by molar-refractivity contribution is 6.04.